The van der Waals surface area contributed by atoms with Gasteiger partial charge < -0.3 is 11.5 Å². The summed E-state index contributed by atoms with van der Waals surface area (Å²) < 4.78 is 14.2. The molecule has 0 bridgehead atoms. The summed E-state index contributed by atoms with van der Waals surface area (Å²) >= 11 is 0. The smallest absolute Gasteiger partial charge is 0.266 e. The first kappa shape index (κ1) is 19.2. The molecule has 0 fully saturated rings. The molecule has 1 aliphatic rings. The highest BCUT2D eigenvalue weighted by molar-refractivity contribution is 6.12. The highest BCUT2D eigenvalue weighted by Crippen LogP contribution is 2.40. The van der Waals surface area contributed by atoms with E-state index in [1.54, 1.807) is 43.4 Å². The van der Waals surface area contributed by atoms with E-state index >= 15 is 0 Å². The number of carbonyl (C=O) groups is 1. The lowest BCUT2D eigenvalue weighted by atomic mass is 9.82. The Hall–Kier alpha value is -3.55. The lowest BCUT2D eigenvalue weighted by Gasteiger charge is -2.26. The average molecular weight is 380 g/mol. The first-order chi connectivity index (χ1) is 13.5. The SMILES string of the molecule is CCN=CC(=CN)C1(c2cccc(-c3cccnc3F)c2)N=C(N)N(C)C1=O. The standard InChI is InChI=1S/C20H21FN6O/c1-3-24-12-15(11-22)20(18(28)27(2)19(23)26-20)14-7-4-6-13(10-14)16-8-5-9-25-17(16)21/h4-12H,3,22H2,1-2H3,(H2,23,26). The molecule has 1 aromatic carbocycles. The number of guanidine groups is 1. The Kier molecular flexibility index (Phi) is 5.21. The van der Waals surface area contributed by atoms with Crippen LogP contribution in [-0.4, -0.2) is 41.6 Å². The van der Waals surface area contributed by atoms with E-state index in [-0.39, 0.29) is 11.9 Å². The zero-order valence-electron chi connectivity index (χ0n) is 15.6. The van der Waals surface area contributed by atoms with E-state index < -0.39 is 11.5 Å². The van der Waals surface area contributed by atoms with Crippen LogP contribution in [0.3, 0.4) is 0 Å². The molecule has 7 nitrogen and oxygen atoms in total. The molecule has 0 aliphatic carbocycles. The topological polar surface area (TPSA) is 110 Å². The number of aromatic nitrogens is 1. The normalized spacial score (nSPS) is 20.1. The van der Waals surface area contributed by atoms with Gasteiger partial charge in [0.2, 0.25) is 5.95 Å². The van der Waals surface area contributed by atoms with Crippen molar-refractivity contribution < 1.29 is 9.18 Å². The van der Waals surface area contributed by atoms with Gasteiger partial charge in [0.25, 0.3) is 5.91 Å². The number of rotatable bonds is 5. The number of likely N-dealkylation sites (N-methyl/N-ethyl adjacent to an activating group) is 1. The molecular weight excluding hydrogens is 359 g/mol. The van der Waals surface area contributed by atoms with Gasteiger partial charge >= 0.3 is 0 Å². The largest absolute Gasteiger partial charge is 0.404 e. The van der Waals surface area contributed by atoms with Crippen LogP contribution in [0.5, 0.6) is 0 Å². The van der Waals surface area contributed by atoms with E-state index in [0.29, 0.717) is 28.8 Å². The third-order valence-corrected chi connectivity index (χ3v) is 4.60. The molecular formula is C20H21FN6O. The van der Waals surface area contributed by atoms with Crippen LogP contribution in [0.25, 0.3) is 11.1 Å². The number of carbonyl (C=O) groups excluding carboxylic acids is 1. The minimum atomic E-state index is -1.49. The number of nitrogens with zero attached hydrogens (tertiary/aromatic N) is 4. The molecule has 144 valence electrons. The summed E-state index contributed by atoms with van der Waals surface area (Å²) in [6.45, 7) is 2.38. The molecule has 28 heavy (non-hydrogen) atoms. The summed E-state index contributed by atoms with van der Waals surface area (Å²) in [5.74, 6) is -0.908. The van der Waals surface area contributed by atoms with Crippen LogP contribution in [0.4, 0.5) is 4.39 Å². The number of pyridine rings is 1. The van der Waals surface area contributed by atoms with Crippen LogP contribution in [0, 0.1) is 5.95 Å². The van der Waals surface area contributed by atoms with Crippen LogP contribution in [0.2, 0.25) is 0 Å². The molecule has 1 aliphatic heterocycles. The van der Waals surface area contributed by atoms with Gasteiger partial charge in [-0.2, -0.15) is 4.39 Å². The van der Waals surface area contributed by atoms with Gasteiger partial charge in [0, 0.05) is 43.3 Å². The zero-order chi connectivity index (χ0) is 20.3. The summed E-state index contributed by atoms with van der Waals surface area (Å²) in [6, 6.07) is 10.1. The molecule has 2 heterocycles. The molecule has 0 saturated heterocycles. The van der Waals surface area contributed by atoms with Crippen LogP contribution >= 0.6 is 0 Å². The van der Waals surface area contributed by atoms with Gasteiger partial charge in [0.05, 0.1) is 0 Å². The maximum absolute atomic E-state index is 14.2. The van der Waals surface area contributed by atoms with E-state index in [9.17, 15) is 9.18 Å². The van der Waals surface area contributed by atoms with Crippen molar-refractivity contribution in [2.24, 2.45) is 21.5 Å². The van der Waals surface area contributed by atoms with Gasteiger partial charge in [-0.3, -0.25) is 14.7 Å². The highest BCUT2D eigenvalue weighted by atomic mass is 19.1. The van der Waals surface area contributed by atoms with Gasteiger partial charge in [-0.05, 0) is 36.2 Å². The van der Waals surface area contributed by atoms with E-state index in [0.717, 1.165) is 0 Å². The van der Waals surface area contributed by atoms with E-state index in [2.05, 4.69) is 15.0 Å². The van der Waals surface area contributed by atoms with Gasteiger partial charge in [0.15, 0.2) is 11.5 Å². The number of hydrogen-bond donors (Lipinski definition) is 2. The lowest BCUT2D eigenvalue weighted by molar-refractivity contribution is -0.129. The first-order valence-electron chi connectivity index (χ1n) is 8.72. The second-order valence-electron chi connectivity index (χ2n) is 6.22. The molecule has 4 N–H and O–H groups in total. The van der Waals surface area contributed by atoms with Crippen molar-refractivity contribution in [2.45, 2.75) is 12.5 Å². The molecule has 2 aromatic rings. The summed E-state index contributed by atoms with van der Waals surface area (Å²) in [5.41, 5.74) is 12.1. The van der Waals surface area contributed by atoms with Gasteiger partial charge in [0.1, 0.15) is 0 Å². The Labute approximate surface area is 162 Å². The number of aliphatic imine (C=N–C) groups is 2. The highest BCUT2D eigenvalue weighted by Gasteiger charge is 2.50. The first-order valence-corrected chi connectivity index (χ1v) is 8.72. The molecule has 1 atom stereocenters. The Morgan fingerprint density at radius 3 is 2.75 bits per heavy atom. The molecule has 8 heteroatoms. The number of halogens is 1. The van der Waals surface area contributed by atoms with Crippen molar-refractivity contribution in [2.75, 3.05) is 13.6 Å². The Balaban J connectivity index is 2.24. The second-order valence-corrected chi connectivity index (χ2v) is 6.22. The molecule has 1 amide bonds. The predicted octanol–water partition coefficient (Wildman–Crippen LogP) is 1.80. The third-order valence-electron chi connectivity index (χ3n) is 4.60. The molecule has 0 radical (unpaired) electrons. The predicted molar refractivity (Wildman–Crippen MR) is 107 cm³/mol. The Morgan fingerprint density at radius 1 is 1.36 bits per heavy atom. The number of nitrogens with two attached hydrogens (primary N) is 2. The fourth-order valence-corrected chi connectivity index (χ4v) is 3.14. The summed E-state index contributed by atoms with van der Waals surface area (Å²) in [5, 5.41) is 0. The molecule has 1 unspecified atom stereocenters. The minimum absolute atomic E-state index is 0.0622. The van der Waals surface area contributed by atoms with E-state index in [1.165, 1.54) is 23.5 Å². The van der Waals surface area contributed by atoms with Crippen molar-refractivity contribution in [1.29, 1.82) is 0 Å². The minimum Gasteiger partial charge on any atom is -0.404 e. The number of benzene rings is 1. The maximum atomic E-state index is 14.2. The van der Waals surface area contributed by atoms with Crippen molar-refractivity contribution >= 4 is 18.1 Å². The zero-order valence-corrected chi connectivity index (χ0v) is 15.6. The van der Waals surface area contributed by atoms with Crippen LogP contribution in [-0.2, 0) is 10.3 Å². The Bertz CT molecular complexity index is 1000. The van der Waals surface area contributed by atoms with Crippen LogP contribution in [0.1, 0.15) is 12.5 Å². The lowest BCUT2D eigenvalue weighted by Crippen LogP contribution is -2.42. The number of hydrogen-bond acceptors (Lipinski definition) is 6. The van der Waals surface area contributed by atoms with E-state index in [1.807, 2.05) is 6.92 Å². The van der Waals surface area contributed by atoms with Crippen molar-refractivity contribution in [3.8, 4) is 11.1 Å². The van der Waals surface area contributed by atoms with Crippen molar-refractivity contribution in [3.63, 3.8) is 0 Å². The summed E-state index contributed by atoms with van der Waals surface area (Å²) in [4.78, 5) is 26.8. The third kappa shape index (κ3) is 3.02. The molecule has 3 rings (SSSR count). The van der Waals surface area contributed by atoms with E-state index in [4.69, 9.17) is 11.5 Å². The maximum Gasteiger partial charge on any atom is 0.266 e. The molecule has 0 spiro atoms. The quantitative estimate of drug-likeness (QED) is 0.609. The van der Waals surface area contributed by atoms with Crippen molar-refractivity contribution in [1.82, 2.24) is 9.88 Å². The fraction of sp³-hybridized carbons (Fsp3) is 0.200. The summed E-state index contributed by atoms with van der Waals surface area (Å²) in [6.07, 6.45) is 4.19. The van der Waals surface area contributed by atoms with Crippen LogP contribution < -0.4 is 11.5 Å². The summed E-state index contributed by atoms with van der Waals surface area (Å²) in [7, 11) is 1.54. The van der Waals surface area contributed by atoms with Gasteiger partial charge in [-0.15, -0.1) is 0 Å². The van der Waals surface area contributed by atoms with Gasteiger partial charge in [-0.1, -0.05) is 18.2 Å². The van der Waals surface area contributed by atoms with Crippen molar-refractivity contribution in [3.05, 3.63) is 65.9 Å². The second kappa shape index (κ2) is 7.59. The molecule has 1 aromatic heterocycles. The fourth-order valence-electron chi connectivity index (χ4n) is 3.14. The number of amides is 1. The van der Waals surface area contributed by atoms with Crippen LogP contribution in [0.15, 0.2) is 64.4 Å². The molecule has 0 saturated carbocycles. The average Bonchev–Trinajstić information content (AvgIpc) is 2.94. The van der Waals surface area contributed by atoms with Gasteiger partial charge in [-0.25, -0.2) is 9.98 Å². The Morgan fingerprint density at radius 2 is 2.14 bits per heavy atom. The monoisotopic (exact) mass is 380 g/mol.